The second-order valence-electron chi connectivity index (χ2n) is 5.46. The van der Waals surface area contributed by atoms with E-state index in [9.17, 15) is 4.79 Å². The van der Waals surface area contributed by atoms with Gasteiger partial charge in [0.25, 0.3) is 0 Å². The van der Waals surface area contributed by atoms with Crippen LogP contribution in [-0.4, -0.2) is 56.9 Å². The first-order valence-corrected chi connectivity index (χ1v) is 7.71. The zero-order chi connectivity index (χ0) is 16.4. The summed E-state index contributed by atoms with van der Waals surface area (Å²) in [6.07, 6.45) is 7.95. The molecule has 1 amide bonds. The first-order valence-electron chi connectivity index (χ1n) is 7.71. The molecule has 4 heterocycles. The highest BCUT2D eigenvalue weighted by Gasteiger charge is 2.22. The van der Waals surface area contributed by atoms with Gasteiger partial charge in [0.1, 0.15) is 17.6 Å². The summed E-state index contributed by atoms with van der Waals surface area (Å²) in [5, 5.41) is 0. The maximum atomic E-state index is 12.2. The molecule has 8 nitrogen and oxygen atoms in total. The van der Waals surface area contributed by atoms with Crippen molar-refractivity contribution in [2.45, 2.75) is 0 Å². The van der Waals surface area contributed by atoms with Crippen LogP contribution in [0.3, 0.4) is 0 Å². The Bertz CT molecular complexity index is 862. The van der Waals surface area contributed by atoms with E-state index in [0.29, 0.717) is 37.6 Å². The molecule has 0 spiro atoms. The molecule has 122 valence electrons. The number of fused-ring (bicyclic) bond motifs is 1. The normalized spacial score (nSPS) is 15.5. The summed E-state index contributed by atoms with van der Waals surface area (Å²) in [6, 6.07) is 3.60. The third-order valence-corrected chi connectivity index (χ3v) is 4.03. The fraction of sp³-hybridized carbons (Fsp3) is 0.250. The maximum Gasteiger partial charge on any atom is 0.246 e. The van der Waals surface area contributed by atoms with E-state index >= 15 is 0 Å². The predicted octanol–water partition coefficient (Wildman–Crippen LogP) is 1.31. The number of hydrogen-bond donors (Lipinski definition) is 1. The predicted molar refractivity (Wildman–Crippen MR) is 88.2 cm³/mol. The third-order valence-electron chi connectivity index (χ3n) is 4.03. The molecule has 3 aromatic heterocycles. The molecule has 0 atom stereocenters. The highest BCUT2D eigenvalue weighted by molar-refractivity contribution is 5.91. The lowest BCUT2D eigenvalue weighted by molar-refractivity contribution is -0.126. The van der Waals surface area contributed by atoms with Gasteiger partial charge < -0.3 is 19.2 Å². The van der Waals surface area contributed by atoms with E-state index in [1.165, 1.54) is 6.33 Å². The molecule has 1 aliphatic heterocycles. The van der Waals surface area contributed by atoms with Crippen molar-refractivity contribution in [3.05, 3.63) is 42.9 Å². The standard InChI is InChI=1S/C16H16N6O2/c23-13(4-3-12-2-1-9-24-12)21-5-7-22(8-6-21)16-14-15(18-10-17-14)19-11-20-16/h1-4,9-11H,5-8H2,(H,17,18,19,20)/b4-3+. The van der Waals surface area contributed by atoms with E-state index in [1.807, 2.05) is 11.0 Å². The summed E-state index contributed by atoms with van der Waals surface area (Å²) in [4.78, 5) is 31.9. The number of hydrogen-bond acceptors (Lipinski definition) is 6. The third kappa shape index (κ3) is 2.73. The first kappa shape index (κ1) is 14.4. The zero-order valence-electron chi connectivity index (χ0n) is 12.9. The monoisotopic (exact) mass is 324 g/mol. The number of furan rings is 1. The Labute approximate surface area is 137 Å². The number of carbonyl (C=O) groups excluding carboxylic acids is 1. The van der Waals surface area contributed by atoms with E-state index < -0.39 is 0 Å². The molecule has 0 saturated carbocycles. The molecule has 0 unspecified atom stereocenters. The number of amides is 1. The molecule has 0 radical (unpaired) electrons. The zero-order valence-corrected chi connectivity index (χ0v) is 12.9. The summed E-state index contributed by atoms with van der Waals surface area (Å²) < 4.78 is 5.19. The van der Waals surface area contributed by atoms with Crippen molar-refractivity contribution in [1.29, 1.82) is 0 Å². The number of H-pyrrole nitrogens is 1. The fourth-order valence-electron chi connectivity index (χ4n) is 2.78. The van der Waals surface area contributed by atoms with Gasteiger partial charge in [-0.3, -0.25) is 4.79 Å². The molecule has 0 aromatic carbocycles. The van der Waals surface area contributed by atoms with Gasteiger partial charge >= 0.3 is 0 Å². The maximum absolute atomic E-state index is 12.2. The van der Waals surface area contributed by atoms with Crippen molar-refractivity contribution >= 4 is 29.0 Å². The van der Waals surface area contributed by atoms with Crippen LogP contribution in [0.2, 0.25) is 0 Å². The number of rotatable bonds is 3. The first-order chi connectivity index (χ1) is 11.8. The lowest BCUT2D eigenvalue weighted by Gasteiger charge is -2.34. The van der Waals surface area contributed by atoms with E-state index in [-0.39, 0.29) is 5.91 Å². The van der Waals surface area contributed by atoms with E-state index in [0.717, 1.165) is 11.3 Å². The van der Waals surface area contributed by atoms with Gasteiger partial charge in [-0.05, 0) is 18.2 Å². The second-order valence-corrected chi connectivity index (χ2v) is 5.46. The molecule has 0 aliphatic carbocycles. The molecule has 4 rings (SSSR count). The van der Waals surface area contributed by atoms with Crippen LogP contribution in [-0.2, 0) is 4.79 Å². The number of nitrogens with one attached hydrogen (secondary N) is 1. The van der Waals surface area contributed by atoms with Gasteiger partial charge in [0, 0.05) is 32.3 Å². The lowest BCUT2D eigenvalue weighted by atomic mass is 10.3. The summed E-state index contributed by atoms with van der Waals surface area (Å²) in [7, 11) is 0. The molecule has 1 saturated heterocycles. The minimum atomic E-state index is -0.0135. The number of carbonyl (C=O) groups is 1. The highest BCUT2D eigenvalue weighted by Crippen LogP contribution is 2.20. The minimum absolute atomic E-state index is 0.0135. The molecular weight excluding hydrogens is 308 g/mol. The van der Waals surface area contributed by atoms with Crippen LogP contribution in [0.15, 0.2) is 41.5 Å². The molecule has 1 fully saturated rings. The SMILES string of the molecule is O=C(/C=C/c1ccco1)N1CCN(c2ncnc3nc[nH]c23)CC1. The van der Waals surface area contributed by atoms with Crippen molar-refractivity contribution < 1.29 is 9.21 Å². The fourth-order valence-corrected chi connectivity index (χ4v) is 2.78. The van der Waals surface area contributed by atoms with Crippen LogP contribution in [0.4, 0.5) is 5.82 Å². The Morgan fingerprint density at radius 2 is 2.08 bits per heavy atom. The van der Waals surface area contributed by atoms with Gasteiger partial charge in [-0.2, -0.15) is 0 Å². The van der Waals surface area contributed by atoms with Crippen LogP contribution >= 0.6 is 0 Å². The Balaban J connectivity index is 1.41. The Morgan fingerprint density at radius 1 is 1.21 bits per heavy atom. The number of piperazine rings is 1. The van der Waals surface area contributed by atoms with Crippen molar-refractivity contribution in [2.24, 2.45) is 0 Å². The van der Waals surface area contributed by atoms with Crippen LogP contribution in [0.5, 0.6) is 0 Å². The highest BCUT2D eigenvalue weighted by atomic mass is 16.3. The van der Waals surface area contributed by atoms with E-state index in [1.54, 1.807) is 30.8 Å². The number of nitrogens with zero attached hydrogens (tertiary/aromatic N) is 5. The van der Waals surface area contributed by atoms with Gasteiger partial charge in [-0.1, -0.05) is 0 Å². The van der Waals surface area contributed by atoms with Gasteiger partial charge in [0.05, 0.1) is 12.6 Å². The average Bonchev–Trinajstić information content (AvgIpc) is 3.31. The van der Waals surface area contributed by atoms with E-state index in [2.05, 4.69) is 24.8 Å². The topological polar surface area (TPSA) is 91.2 Å². The van der Waals surface area contributed by atoms with Crippen molar-refractivity contribution in [1.82, 2.24) is 24.8 Å². The molecule has 0 bridgehead atoms. The van der Waals surface area contributed by atoms with Crippen molar-refractivity contribution in [2.75, 3.05) is 31.1 Å². The van der Waals surface area contributed by atoms with Gasteiger partial charge in [-0.15, -0.1) is 0 Å². The number of imidazole rings is 1. The number of aromatic amines is 1. The minimum Gasteiger partial charge on any atom is -0.465 e. The van der Waals surface area contributed by atoms with E-state index in [4.69, 9.17) is 4.42 Å². The largest absolute Gasteiger partial charge is 0.465 e. The molecule has 8 heteroatoms. The summed E-state index contributed by atoms with van der Waals surface area (Å²) in [5.74, 6) is 1.49. The number of anilines is 1. The van der Waals surface area contributed by atoms with Crippen molar-refractivity contribution in [3.63, 3.8) is 0 Å². The second kappa shape index (κ2) is 6.15. The summed E-state index contributed by atoms with van der Waals surface area (Å²) >= 11 is 0. The number of aromatic nitrogens is 4. The molecule has 1 aliphatic rings. The van der Waals surface area contributed by atoms with Gasteiger partial charge in [0.2, 0.25) is 5.91 Å². The molecule has 1 N–H and O–H groups in total. The Hall–Kier alpha value is -3.16. The molecule has 24 heavy (non-hydrogen) atoms. The lowest BCUT2D eigenvalue weighted by Crippen LogP contribution is -2.48. The van der Waals surface area contributed by atoms with Gasteiger partial charge in [0.15, 0.2) is 11.5 Å². The van der Waals surface area contributed by atoms with Crippen molar-refractivity contribution in [3.8, 4) is 0 Å². The summed E-state index contributed by atoms with van der Waals surface area (Å²) in [6.45, 7) is 2.71. The van der Waals surface area contributed by atoms with Crippen LogP contribution in [0.25, 0.3) is 17.2 Å². The molecule has 3 aromatic rings. The summed E-state index contributed by atoms with van der Waals surface area (Å²) in [5.41, 5.74) is 1.48. The van der Waals surface area contributed by atoms with Crippen LogP contribution < -0.4 is 4.90 Å². The van der Waals surface area contributed by atoms with Gasteiger partial charge in [-0.25, -0.2) is 15.0 Å². The Morgan fingerprint density at radius 3 is 2.88 bits per heavy atom. The Kier molecular flexibility index (Phi) is 3.70. The quantitative estimate of drug-likeness (QED) is 0.730. The molecular formula is C16H16N6O2. The smallest absolute Gasteiger partial charge is 0.246 e. The average molecular weight is 324 g/mol. The van der Waals surface area contributed by atoms with Crippen LogP contribution in [0, 0.1) is 0 Å². The van der Waals surface area contributed by atoms with Crippen LogP contribution in [0.1, 0.15) is 5.76 Å².